The van der Waals surface area contributed by atoms with E-state index in [2.05, 4.69) is 6.92 Å². The van der Waals surface area contributed by atoms with Gasteiger partial charge in [-0.25, -0.2) is 4.79 Å². The quantitative estimate of drug-likeness (QED) is 0.665. The van der Waals surface area contributed by atoms with E-state index < -0.39 is 6.09 Å². The molecule has 1 saturated heterocycles. The molecule has 1 aliphatic heterocycles. The van der Waals surface area contributed by atoms with Crippen molar-refractivity contribution in [2.24, 2.45) is 0 Å². The highest BCUT2D eigenvalue weighted by atomic mass is 16.4. The summed E-state index contributed by atoms with van der Waals surface area (Å²) in [6, 6.07) is 0.303. The molecular formula is C8H15NO2. The maximum Gasteiger partial charge on any atom is 0.407 e. The van der Waals surface area contributed by atoms with Crippen molar-refractivity contribution >= 4 is 6.09 Å². The smallest absolute Gasteiger partial charge is 0.407 e. The highest BCUT2D eigenvalue weighted by Gasteiger charge is 2.26. The van der Waals surface area contributed by atoms with Crippen molar-refractivity contribution in [1.29, 1.82) is 0 Å². The Bertz CT molecular complexity index is 147. The van der Waals surface area contributed by atoms with Gasteiger partial charge in [0.05, 0.1) is 0 Å². The largest absolute Gasteiger partial charge is 0.465 e. The molecular weight excluding hydrogens is 142 g/mol. The Morgan fingerprint density at radius 1 is 1.73 bits per heavy atom. The van der Waals surface area contributed by atoms with E-state index in [9.17, 15) is 4.79 Å². The highest BCUT2D eigenvalue weighted by molar-refractivity contribution is 5.65. The zero-order valence-electron chi connectivity index (χ0n) is 6.92. The van der Waals surface area contributed by atoms with E-state index in [1.807, 2.05) is 0 Å². The molecule has 1 fully saturated rings. The van der Waals surface area contributed by atoms with Crippen molar-refractivity contribution in [3.8, 4) is 0 Å². The van der Waals surface area contributed by atoms with E-state index in [1.165, 1.54) is 0 Å². The monoisotopic (exact) mass is 157 g/mol. The molecule has 64 valence electrons. The van der Waals surface area contributed by atoms with Gasteiger partial charge in [0.2, 0.25) is 0 Å². The Balaban J connectivity index is 2.44. The lowest BCUT2D eigenvalue weighted by Gasteiger charge is -2.20. The second-order valence-electron chi connectivity index (χ2n) is 3.06. The molecule has 0 aromatic rings. The number of nitrogens with zero attached hydrogens (tertiary/aromatic N) is 1. The van der Waals surface area contributed by atoms with Gasteiger partial charge in [0, 0.05) is 12.6 Å². The molecule has 3 nitrogen and oxygen atoms in total. The Kier molecular flexibility index (Phi) is 2.74. The lowest BCUT2D eigenvalue weighted by atomic mass is 10.1. The van der Waals surface area contributed by atoms with Gasteiger partial charge < -0.3 is 10.0 Å². The molecule has 0 bridgehead atoms. The maximum absolute atomic E-state index is 10.6. The number of amides is 1. The van der Waals surface area contributed by atoms with Gasteiger partial charge in [0.25, 0.3) is 0 Å². The van der Waals surface area contributed by atoms with Gasteiger partial charge in [-0.2, -0.15) is 0 Å². The van der Waals surface area contributed by atoms with Crippen LogP contribution in [0.2, 0.25) is 0 Å². The summed E-state index contributed by atoms with van der Waals surface area (Å²) in [5.41, 5.74) is 0. The average molecular weight is 157 g/mol. The van der Waals surface area contributed by atoms with E-state index in [-0.39, 0.29) is 0 Å². The van der Waals surface area contributed by atoms with E-state index in [0.717, 1.165) is 32.2 Å². The third kappa shape index (κ3) is 1.85. The van der Waals surface area contributed by atoms with E-state index in [1.54, 1.807) is 4.90 Å². The summed E-state index contributed by atoms with van der Waals surface area (Å²) in [7, 11) is 0. The topological polar surface area (TPSA) is 40.5 Å². The molecule has 0 aromatic heterocycles. The van der Waals surface area contributed by atoms with Gasteiger partial charge in [-0.3, -0.25) is 0 Å². The molecule has 0 radical (unpaired) electrons. The fraction of sp³-hybridized carbons (Fsp3) is 0.875. The predicted molar refractivity (Wildman–Crippen MR) is 42.7 cm³/mol. The summed E-state index contributed by atoms with van der Waals surface area (Å²) in [5.74, 6) is 0. The Hall–Kier alpha value is -0.730. The summed E-state index contributed by atoms with van der Waals surface area (Å²) in [4.78, 5) is 12.2. The van der Waals surface area contributed by atoms with Crippen LogP contribution in [-0.4, -0.2) is 28.7 Å². The SMILES string of the molecule is CCCC1CCCN1C(=O)O. The molecule has 1 heterocycles. The van der Waals surface area contributed by atoms with Gasteiger partial charge in [0.15, 0.2) is 0 Å². The minimum atomic E-state index is -0.749. The molecule has 1 rings (SSSR count). The van der Waals surface area contributed by atoms with Gasteiger partial charge in [-0.15, -0.1) is 0 Å². The van der Waals surface area contributed by atoms with Crippen molar-refractivity contribution < 1.29 is 9.90 Å². The molecule has 1 unspecified atom stereocenters. The van der Waals surface area contributed by atoms with Crippen molar-refractivity contribution in [1.82, 2.24) is 4.90 Å². The van der Waals surface area contributed by atoms with Crippen molar-refractivity contribution in [2.45, 2.75) is 38.6 Å². The van der Waals surface area contributed by atoms with Crippen LogP contribution < -0.4 is 0 Å². The van der Waals surface area contributed by atoms with E-state index in [0.29, 0.717) is 6.04 Å². The van der Waals surface area contributed by atoms with Gasteiger partial charge in [-0.1, -0.05) is 13.3 Å². The number of likely N-dealkylation sites (tertiary alicyclic amines) is 1. The average Bonchev–Trinajstić information content (AvgIpc) is 2.36. The van der Waals surface area contributed by atoms with Crippen LogP contribution in [0.4, 0.5) is 4.79 Å². The number of rotatable bonds is 2. The van der Waals surface area contributed by atoms with Crippen LogP contribution in [0, 0.1) is 0 Å². The number of carbonyl (C=O) groups is 1. The minimum Gasteiger partial charge on any atom is -0.465 e. The molecule has 3 heteroatoms. The van der Waals surface area contributed by atoms with Crippen LogP contribution in [0.25, 0.3) is 0 Å². The molecule has 1 aliphatic rings. The summed E-state index contributed by atoms with van der Waals surface area (Å²) < 4.78 is 0. The Morgan fingerprint density at radius 2 is 2.45 bits per heavy atom. The van der Waals surface area contributed by atoms with Gasteiger partial charge >= 0.3 is 6.09 Å². The van der Waals surface area contributed by atoms with Gasteiger partial charge in [0.1, 0.15) is 0 Å². The Morgan fingerprint density at radius 3 is 3.00 bits per heavy atom. The number of hydrogen-bond donors (Lipinski definition) is 1. The zero-order valence-corrected chi connectivity index (χ0v) is 6.92. The molecule has 1 atom stereocenters. The maximum atomic E-state index is 10.6. The Labute approximate surface area is 67.0 Å². The fourth-order valence-electron chi connectivity index (χ4n) is 1.72. The zero-order chi connectivity index (χ0) is 8.27. The van der Waals surface area contributed by atoms with Crippen LogP contribution in [0.15, 0.2) is 0 Å². The molecule has 0 aliphatic carbocycles. The van der Waals surface area contributed by atoms with Crippen LogP contribution in [0.3, 0.4) is 0 Å². The third-order valence-electron chi connectivity index (χ3n) is 2.24. The van der Waals surface area contributed by atoms with Gasteiger partial charge in [-0.05, 0) is 19.3 Å². The predicted octanol–water partition coefficient (Wildman–Crippen LogP) is 1.93. The molecule has 1 N–H and O–H groups in total. The standard InChI is InChI=1S/C8H15NO2/c1-2-4-7-5-3-6-9(7)8(10)11/h7H,2-6H2,1H3,(H,10,11). The highest BCUT2D eigenvalue weighted by Crippen LogP contribution is 2.20. The second-order valence-corrected chi connectivity index (χ2v) is 3.06. The second kappa shape index (κ2) is 3.60. The summed E-state index contributed by atoms with van der Waals surface area (Å²) in [6.45, 7) is 2.83. The first-order valence-corrected chi connectivity index (χ1v) is 4.25. The number of carboxylic acid groups (broad SMARTS) is 1. The normalized spacial score (nSPS) is 24.1. The molecule has 0 saturated carbocycles. The van der Waals surface area contributed by atoms with Crippen LogP contribution >= 0.6 is 0 Å². The lowest BCUT2D eigenvalue weighted by molar-refractivity contribution is 0.138. The third-order valence-corrected chi connectivity index (χ3v) is 2.24. The van der Waals surface area contributed by atoms with E-state index in [4.69, 9.17) is 5.11 Å². The molecule has 0 spiro atoms. The lowest BCUT2D eigenvalue weighted by Crippen LogP contribution is -2.33. The van der Waals surface area contributed by atoms with Crippen molar-refractivity contribution in [3.63, 3.8) is 0 Å². The van der Waals surface area contributed by atoms with Crippen LogP contribution in [-0.2, 0) is 0 Å². The molecule has 1 amide bonds. The first-order chi connectivity index (χ1) is 5.25. The fourth-order valence-corrected chi connectivity index (χ4v) is 1.72. The minimum absolute atomic E-state index is 0.303. The number of hydrogen-bond acceptors (Lipinski definition) is 1. The molecule has 11 heavy (non-hydrogen) atoms. The van der Waals surface area contributed by atoms with Crippen molar-refractivity contribution in [3.05, 3.63) is 0 Å². The summed E-state index contributed by atoms with van der Waals surface area (Å²) in [5, 5.41) is 8.74. The van der Waals surface area contributed by atoms with Crippen LogP contribution in [0.5, 0.6) is 0 Å². The molecule has 0 aromatic carbocycles. The van der Waals surface area contributed by atoms with Crippen LogP contribution in [0.1, 0.15) is 32.6 Å². The summed E-state index contributed by atoms with van der Waals surface area (Å²) in [6.07, 6.45) is 3.44. The first-order valence-electron chi connectivity index (χ1n) is 4.25. The first kappa shape index (κ1) is 8.37. The van der Waals surface area contributed by atoms with Crippen molar-refractivity contribution in [2.75, 3.05) is 6.54 Å². The summed E-state index contributed by atoms with van der Waals surface area (Å²) >= 11 is 0. The van der Waals surface area contributed by atoms with E-state index >= 15 is 0 Å².